The highest BCUT2D eigenvalue weighted by atomic mass is 35.5. The Bertz CT molecular complexity index is 822. The van der Waals surface area contributed by atoms with Gasteiger partial charge in [0.05, 0.1) is 11.3 Å². The largest absolute Gasteiger partial charge is 0.455 e. The van der Waals surface area contributed by atoms with E-state index in [4.69, 9.17) is 16.3 Å². The molecule has 1 amide bonds. The SMILES string of the molecule is Cc1cc(Cl)ccc1NC(=O)COC(=O)Cc1ccccc1[N+](=O)[O-]. The minimum atomic E-state index is -0.725. The zero-order valence-electron chi connectivity index (χ0n) is 13.3. The number of nitrogens with one attached hydrogen (secondary N) is 1. The predicted molar refractivity (Wildman–Crippen MR) is 92.6 cm³/mol. The Hall–Kier alpha value is -2.93. The Morgan fingerprint density at radius 1 is 1.24 bits per heavy atom. The molecule has 0 bridgehead atoms. The van der Waals surface area contributed by atoms with Crippen LogP contribution in [-0.4, -0.2) is 23.4 Å². The zero-order valence-corrected chi connectivity index (χ0v) is 14.1. The summed E-state index contributed by atoms with van der Waals surface area (Å²) in [7, 11) is 0. The molecular weight excluding hydrogens is 348 g/mol. The second-order valence-corrected chi connectivity index (χ2v) is 5.67. The molecule has 0 saturated carbocycles. The Labute approximate surface area is 148 Å². The Kier molecular flexibility index (Phi) is 6.08. The quantitative estimate of drug-likeness (QED) is 0.483. The third-order valence-electron chi connectivity index (χ3n) is 3.35. The molecule has 0 heterocycles. The van der Waals surface area contributed by atoms with Gasteiger partial charge in [0.1, 0.15) is 0 Å². The number of hydrogen-bond donors (Lipinski definition) is 1. The first-order valence-corrected chi connectivity index (χ1v) is 7.68. The van der Waals surface area contributed by atoms with Crippen LogP contribution in [0.3, 0.4) is 0 Å². The van der Waals surface area contributed by atoms with Crippen LogP contribution in [-0.2, 0) is 20.7 Å². The van der Waals surface area contributed by atoms with Crippen molar-refractivity contribution in [3.63, 3.8) is 0 Å². The van der Waals surface area contributed by atoms with Gasteiger partial charge in [-0.1, -0.05) is 29.8 Å². The molecule has 0 aliphatic rings. The second-order valence-electron chi connectivity index (χ2n) is 5.23. The summed E-state index contributed by atoms with van der Waals surface area (Å²) in [5, 5.41) is 14.1. The van der Waals surface area contributed by atoms with Crippen molar-refractivity contribution in [2.75, 3.05) is 11.9 Å². The van der Waals surface area contributed by atoms with Gasteiger partial charge in [-0.3, -0.25) is 19.7 Å². The number of nitro benzene ring substituents is 1. The van der Waals surface area contributed by atoms with Gasteiger partial charge in [0.2, 0.25) is 0 Å². The first kappa shape index (κ1) is 18.4. The van der Waals surface area contributed by atoms with Crippen LogP contribution in [0.4, 0.5) is 11.4 Å². The maximum Gasteiger partial charge on any atom is 0.311 e. The van der Waals surface area contributed by atoms with E-state index in [0.717, 1.165) is 5.56 Å². The number of aryl methyl sites for hydroxylation is 1. The summed E-state index contributed by atoms with van der Waals surface area (Å²) in [6, 6.07) is 10.8. The zero-order chi connectivity index (χ0) is 18.4. The van der Waals surface area contributed by atoms with Crippen molar-refractivity contribution < 1.29 is 19.2 Å². The molecule has 2 aromatic rings. The van der Waals surface area contributed by atoms with Crippen molar-refractivity contribution in [3.8, 4) is 0 Å². The molecule has 0 atom stereocenters. The van der Waals surface area contributed by atoms with Gasteiger partial charge < -0.3 is 10.1 Å². The van der Waals surface area contributed by atoms with Crippen molar-refractivity contribution in [1.82, 2.24) is 0 Å². The van der Waals surface area contributed by atoms with E-state index in [1.807, 2.05) is 0 Å². The molecule has 0 aliphatic heterocycles. The van der Waals surface area contributed by atoms with Gasteiger partial charge in [-0.05, 0) is 30.7 Å². The molecule has 25 heavy (non-hydrogen) atoms. The fourth-order valence-corrected chi connectivity index (χ4v) is 2.37. The number of para-hydroxylation sites is 1. The Morgan fingerprint density at radius 2 is 1.96 bits per heavy atom. The third-order valence-corrected chi connectivity index (χ3v) is 3.58. The Balaban J connectivity index is 1.89. The Morgan fingerprint density at radius 3 is 2.64 bits per heavy atom. The first-order valence-electron chi connectivity index (χ1n) is 7.30. The fourth-order valence-electron chi connectivity index (χ4n) is 2.14. The smallest absolute Gasteiger partial charge is 0.311 e. The highest BCUT2D eigenvalue weighted by molar-refractivity contribution is 6.30. The molecule has 0 spiro atoms. The number of nitro groups is 1. The number of hydrogen-bond acceptors (Lipinski definition) is 5. The van der Waals surface area contributed by atoms with E-state index >= 15 is 0 Å². The number of amides is 1. The molecule has 130 valence electrons. The van der Waals surface area contributed by atoms with Gasteiger partial charge in [0.15, 0.2) is 6.61 Å². The monoisotopic (exact) mass is 362 g/mol. The highest BCUT2D eigenvalue weighted by Crippen LogP contribution is 2.20. The van der Waals surface area contributed by atoms with Crippen LogP contribution in [0.15, 0.2) is 42.5 Å². The van der Waals surface area contributed by atoms with Gasteiger partial charge in [0, 0.05) is 22.3 Å². The van der Waals surface area contributed by atoms with Crippen LogP contribution in [0.25, 0.3) is 0 Å². The molecule has 8 heteroatoms. The summed E-state index contributed by atoms with van der Waals surface area (Å²) in [5.74, 6) is -1.24. The van der Waals surface area contributed by atoms with Crippen molar-refractivity contribution in [1.29, 1.82) is 0 Å². The van der Waals surface area contributed by atoms with Crippen LogP contribution in [0.1, 0.15) is 11.1 Å². The van der Waals surface area contributed by atoms with E-state index in [9.17, 15) is 19.7 Å². The second kappa shape index (κ2) is 8.25. The first-order chi connectivity index (χ1) is 11.9. The summed E-state index contributed by atoms with van der Waals surface area (Å²) in [6.45, 7) is 1.30. The molecule has 0 radical (unpaired) electrons. The molecule has 2 aromatic carbocycles. The maximum atomic E-state index is 11.9. The number of ether oxygens (including phenoxy) is 1. The maximum absolute atomic E-state index is 11.9. The van der Waals surface area contributed by atoms with Crippen LogP contribution in [0.2, 0.25) is 5.02 Å². The highest BCUT2D eigenvalue weighted by Gasteiger charge is 2.17. The summed E-state index contributed by atoms with van der Waals surface area (Å²) in [5.41, 5.74) is 1.39. The van der Waals surface area contributed by atoms with Gasteiger partial charge in [-0.15, -0.1) is 0 Å². The van der Waals surface area contributed by atoms with Gasteiger partial charge in [0.25, 0.3) is 11.6 Å². The summed E-state index contributed by atoms with van der Waals surface area (Å²) in [6.07, 6.45) is -0.287. The van der Waals surface area contributed by atoms with Crippen LogP contribution in [0, 0.1) is 17.0 Å². The number of anilines is 1. The van der Waals surface area contributed by atoms with Crippen LogP contribution < -0.4 is 5.32 Å². The number of carbonyl (C=O) groups is 2. The standard InChI is InChI=1S/C17H15ClN2O5/c1-11-8-13(18)6-7-14(11)19-16(21)10-25-17(22)9-12-4-2-3-5-15(12)20(23)24/h2-8H,9-10H2,1H3,(H,19,21). The van der Waals surface area contributed by atoms with Crippen LogP contribution in [0.5, 0.6) is 0 Å². The number of benzene rings is 2. The molecule has 0 saturated heterocycles. The summed E-state index contributed by atoms with van der Waals surface area (Å²) < 4.78 is 4.88. The minimum Gasteiger partial charge on any atom is -0.455 e. The lowest BCUT2D eigenvalue weighted by molar-refractivity contribution is -0.385. The van der Waals surface area contributed by atoms with Crippen molar-refractivity contribution >= 4 is 34.9 Å². The predicted octanol–water partition coefficient (Wildman–Crippen LogP) is 3.28. The van der Waals surface area contributed by atoms with Gasteiger partial charge in [-0.25, -0.2) is 0 Å². The van der Waals surface area contributed by atoms with E-state index in [1.165, 1.54) is 18.2 Å². The molecule has 1 N–H and O–H groups in total. The van der Waals surface area contributed by atoms with E-state index in [-0.39, 0.29) is 17.7 Å². The number of halogens is 1. The summed E-state index contributed by atoms with van der Waals surface area (Å²) >= 11 is 5.84. The molecule has 0 aliphatic carbocycles. The lowest BCUT2D eigenvalue weighted by atomic mass is 10.1. The fraction of sp³-hybridized carbons (Fsp3) is 0.176. The average molecular weight is 363 g/mol. The van der Waals surface area contributed by atoms with E-state index < -0.39 is 23.4 Å². The van der Waals surface area contributed by atoms with Crippen molar-refractivity contribution in [2.45, 2.75) is 13.3 Å². The van der Waals surface area contributed by atoms with E-state index in [1.54, 1.807) is 31.2 Å². The normalized spacial score (nSPS) is 10.2. The molecule has 0 aromatic heterocycles. The van der Waals surface area contributed by atoms with Crippen LogP contribution >= 0.6 is 11.6 Å². The third kappa shape index (κ3) is 5.29. The molecule has 7 nitrogen and oxygen atoms in total. The number of nitrogens with zero attached hydrogens (tertiary/aromatic N) is 1. The minimum absolute atomic E-state index is 0.166. The molecule has 0 unspecified atom stereocenters. The lowest BCUT2D eigenvalue weighted by Gasteiger charge is -2.09. The van der Waals surface area contributed by atoms with Crippen molar-refractivity contribution in [2.24, 2.45) is 0 Å². The average Bonchev–Trinajstić information content (AvgIpc) is 2.56. The number of carbonyl (C=O) groups excluding carboxylic acids is 2. The van der Waals surface area contributed by atoms with Gasteiger partial charge in [-0.2, -0.15) is 0 Å². The van der Waals surface area contributed by atoms with E-state index in [0.29, 0.717) is 10.7 Å². The van der Waals surface area contributed by atoms with Gasteiger partial charge >= 0.3 is 5.97 Å². The molecule has 0 fully saturated rings. The summed E-state index contributed by atoms with van der Waals surface area (Å²) in [4.78, 5) is 34.0. The molecular formula is C17H15ClN2O5. The van der Waals surface area contributed by atoms with E-state index in [2.05, 4.69) is 5.32 Å². The number of rotatable bonds is 6. The van der Waals surface area contributed by atoms with Crippen molar-refractivity contribution in [3.05, 3.63) is 68.7 Å². The topological polar surface area (TPSA) is 98.5 Å². The lowest BCUT2D eigenvalue weighted by Crippen LogP contribution is -2.22. The molecule has 2 rings (SSSR count). The number of esters is 1.